The number of amides is 2. The van der Waals surface area contributed by atoms with Gasteiger partial charge in [-0.05, 0) is 43.0 Å². The molecule has 0 aliphatic carbocycles. The molecule has 2 heterocycles. The van der Waals surface area contributed by atoms with Gasteiger partial charge in [-0.15, -0.1) is 0 Å². The SMILES string of the molecule is CCc1ccc(NC(=O)NCc2ccnc(N3CCCC3)n2)cc1. The lowest BCUT2D eigenvalue weighted by molar-refractivity contribution is 0.251. The van der Waals surface area contributed by atoms with Crippen molar-refractivity contribution in [3.63, 3.8) is 0 Å². The smallest absolute Gasteiger partial charge is 0.319 e. The molecule has 0 saturated carbocycles. The van der Waals surface area contributed by atoms with Gasteiger partial charge in [-0.1, -0.05) is 19.1 Å². The number of hydrogen-bond acceptors (Lipinski definition) is 4. The van der Waals surface area contributed by atoms with Gasteiger partial charge in [0.1, 0.15) is 0 Å². The molecule has 0 spiro atoms. The fraction of sp³-hybridized carbons (Fsp3) is 0.389. The number of carbonyl (C=O) groups is 1. The minimum atomic E-state index is -0.236. The third-order valence-corrected chi connectivity index (χ3v) is 4.14. The maximum absolute atomic E-state index is 12.0. The fourth-order valence-electron chi connectivity index (χ4n) is 2.72. The first kappa shape index (κ1) is 16.2. The summed E-state index contributed by atoms with van der Waals surface area (Å²) in [7, 11) is 0. The number of benzene rings is 1. The summed E-state index contributed by atoms with van der Waals surface area (Å²) in [5.41, 5.74) is 2.84. The van der Waals surface area contributed by atoms with Gasteiger partial charge in [0, 0.05) is 25.0 Å². The van der Waals surface area contributed by atoms with E-state index in [1.54, 1.807) is 6.20 Å². The molecule has 1 aliphatic heterocycles. The van der Waals surface area contributed by atoms with E-state index in [9.17, 15) is 4.79 Å². The molecule has 6 nitrogen and oxygen atoms in total. The summed E-state index contributed by atoms with van der Waals surface area (Å²) in [5, 5.41) is 5.66. The molecule has 0 unspecified atom stereocenters. The largest absolute Gasteiger partial charge is 0.341 e. The van der Waals surface area contributed by atoms with E-state index in [-0.39, 0.29) is 6.03 Å². The maximum atomic E-state index is 12.0. The minimum Gasteiger partial charge on any atom is -0.341 e. The van der Waals surface area contributed by atoms with Gasteiger partial charge in [-0.25, -0.2) is 14.8 Å². The molecule has 2 amide bonds. The molecular weight excluding hydrogens is 302 g/mol. The van der Waals surface area contributed by atoms with Gasteiger partial charge < -0.3 is 15.5 Å². The number of anilines is 2. The summed E-state index contributed by atoms with van der Waals surface area (Å²) < 4.78 is 0. The maximum Gasteiger partial charge on any atom is 0.319 e. The van der Waals surface area contributed by atoms with Crippen LogP contribution in [0, 0.1) is 0 Å². The highest BCUT2D eigenvalue weighted by molar-refractivity contribution is 5.89. The second kappa shape index (κ2) is 7.77. The van der Waals surface area contributed by atoms with Crippen molar-refractivity contribution in [3.8, 4) is 0 Å². The second-order valence-electron chi connectivity index (χ2n) is 5.90. The van der Waals surface area contributed by atoms with Crippen LogP contribution in [-0.2, 0) is 13.0 Å². The van der Waals surface area contributed by atoms with Gasteiger partial charge in [0.2, 0.25) is 5.95 Å². The first-order valence-electron chi connectivity index (χ1n) is 8.45. The number of nitrogens with one attached hydrogen (secondary N) is 2. The molecule has 24 heavy (non-hydrogen) atoms. The van der Waals surface area contributed by atoms with Crippen LogP contribution in [0.2, 0.25) is 0 Å². The molecule has 1 fully saturated rings. The molecule has 0 bridgehead atoms. The Balaban J connectivity index is 1.52. The number of carbonyl (C=O) groups excluding carboxylic acids is 1. The van der Waals surface area contributed by atoms with Gasteiger partial charge in [0.15, 0.2) is 0 Å². The molecule has 1 saturated heterocycles. The molecule has 126 valence electrons. The van der Waals surface area contributed by atoms with Crippen molar-refractivity contribution >= 4 is 17.7 Å². The van der Waals surface area contributed by atoms with Crippen LogP contribution in [-0.4, -0.2) is 29.1 Å². The number of aryl methyl sites for hydroxylation is 1. The lowest BCUT2D eigenvalue weighted by atomic mass is 10.1. The number of urea groups is 1. The standard InChI is InChI=1S/C18H23N5O/c1-2-14-5-7-15(8-6-14)22-18(24)20-13-16-9-10-19-17(21-16)23-11-3-4-12-23/h5-10H,2-4,11-13H2,1H3,(H2,20,22,24). The Kier molecular flexibility index (Phi) is 5.25. The van der Waals surface area contributed by atoms with Crippen molar-refractivity contribution in [2.45, 2.75) is 32.7 Å². The summed E-state index contributed by atoms with van der Waals surface area (Å²) in [5.74, 6) is 0.752. The monoisotopic (exact) mass is 325 g/mol. The van der Waals surface area contributed by atoms with Gasteiger partial charge in [0.25, 0.3) is 0 Å². The first-order valence-corrected chi connectivity index (χ1v) is 8.45. The van der Waals surface area contributed by atoms with Crippen LogP contribution >= 0.6 is 0 Å². The van der Waals surface area contributed by atoms with Crippen LogP contribution < -0.4 is 15.5 Å². The molecule has 2 aromatic rings. The first-order chi connectivity index (χ1) is 11.7. The van der Waals surface area contributed by atoms with Gasteiger partial charge in [-0.3, -0.25) is 0 Å². The van der Waals surface area contributed by atoms with E-state index in [0.29, 0.717) is 6.54 Å². The Morgan fingerprint density at radius 3 is 2.62 bits per heavy atom. The highest BCUT2D eigenvalue weighted by Crippen LogP contribution is 2.15. The van der Waals surface area contributed by atoms with Gasteiger partial charge in [0.05, 0.1) is 12.2 Å². The predicted molar refractivity (Wildman–Crippen MR) is 95.2 cm³/mol. The van der Waals surface area contributed by atoms with Crippen molar-refractivity contribution < 1.29 is 4.79 Å². The zero-order valence-corrected chi connectivity index (χ0v) is 14.0. The predicted octanol–water partition coefficient (Wildman–Crippen LogP) is 2.96. The average Bonchev–Trinajstić information content (AvgIpc) is 3.16. The summed E-state index contributed by atoms with van der Waals surface area (Å²) in [6, 6.07) is 9.45. The topological polar surface area (TPSA) is 70.2 Å². The molecule has 6 heteroatoms. The third-order valence-electron chi connectivity index (χ3n) is 4.14. The van der Waals surface area contributed by atoms with Crippen LogP contribution in [0.4, 0.5) is 16.4 Å². The number of nitrogens with zero attached hydrogens (tertiary/aromatic N) is 3. The Labute approximate surface area is 142 Å². The summed E-state index contributed by atoms with van der Waals surface area (Å²) in [4.78, 5) is 23.0. The van der Waals surface area contributed by atoms with E-state index in [2.05, 4.69) is 32.4 Å². The van der Waals surface area contributed by atoms with Crippen LogP contribution in [0.25, 0.3) is 0 Å². The summed E-state index contributed by atoms with van der Waals surface area (Å²) >= 11 is 0. The molecular formula is C18H23N5O. The van der Waals surface area contributed by atoms with E-state index in [4.69, 9.17) is 0 Å². The molecule has 0 atom stereocenters. The molecule has 1 aromatic heterocycles. The van der Waals surface area contributed by atoms with Crippen molar-refractivity contribution in [1.82, 2.24) is 15.3 Å². The fourth-order valence-corrected chi connectivity index (χ4v) is 2.72. The Bertz CT molecular complexity index is 680. The summed E-state index contributed by atoms with van der Waals surface area (Å²) in [6.07, 6.45) is 5.11. The van der Waals surface area contributed by atoms with E-state index in [1.165, 1.54) is 18.4 Å². The van der Waals surface area contributed by atoms with Crippen molar-refractivity contribution in [2.75, 3.05) is 23.3 Å². The quantitative estimate of drug-likeness (QED) is 0.887. The number of aromatic nitrogens is 2. The molecule has 1 aliphatic rings. The van der Waals surface area contributed by atoms with Crippen LogP contribution in [0.15, 0.2) is 36.5 Å². The lowest BCUT2D eigenvalue weighted by Gasteiger charge is -2.15. The zero-order chi connectivity index (χ0) is 16.8. The van der Waals surface area contributed by atoms with Crippen LogP contribution in [0.3, 0.4) is 0 Å². The minimum absolute atomic E-state index is 0.236. The Morgan fingerprint density at radius 2 is 1.92 bits per heavy atom. The number of hydrogen-bond donors (Lipinski definition) is 2. The summed E-state index contributed by atoms with van der Waals surface area (Å²) in [6.45, 7) is 4.49. The zero-order valence-electron chi connectivity index (χ0n) is 14.0. The van der Waals surface area contributed by atoms with E-state index < -0.39 is 0 Å². The Hall–Kier alpha value is -2.63. The van der Waals surface area contributed by atoms with Crippen molar-refractivity contribution in [2.24, 2.45) is 0 Å². The van der Waals surface area contributed by atoms with Gasteiger partial charge >= 0.3 is 6.03 Å². The van der Waals surface area contributed by atoms with Crippen LogP contribution in [0.5, 0.6) is 0 Å². The van der Waals surface area contributed by atoms with E-state index in [1.807, 2.05) is 30.3 Å². The van der Waals surface area contributed by atoms with Crippen molar-refractivity contribution in [3.05, 3.63) is 47.8 Å². The highest BCUT2D eigenvalue weighted by atomic mass is 16.2. The molecule has 3 rings (SSSR count). The molecule has 0 radical (unpaired) electrons. The van der Waals surface area contributed by atoms with E-state index in [0.717, 1.165) is 36.8 Å². The van der Waals surface area contributed by atoms with Crippen molar-refractivity contribution in [1.29, 1.82) is 0 Å². The Morgan fingerprint density at radius 1 is 1.17 bits per heavy atom. The number of rotatable bonds is 5. The normalized spacial score (nSPS) is 13.8. The molecule has 2 N–H and O–H groups in total. The third kappa shape index (κ3) is 4.22. The van der Waals surface area contributed by atoms with E-state index >= 15 is 0 Å². The van der Waals surface area contributed by atoms with Gasteiger partial charge in [-0.2, -0.15) is 0 Å². The van der Waals surface area contributed by atoms with Crippen LogP contribution in [0.1, 0.15) is 31.0 Å². The lowest BCUT2D eigenvalue weighted by Crippen LogP contribution is -2.29. The average molecular weight is 325 g/mol. The second-order valence-corrected chi connectivity index (χ2v) is 5.90. The highest BCUT2D eigenvalue weighted by Gasteiger charge is 2.15. The molecule has 1 aromatic carbocycles.